The average Bonchev–Trinajstić information content (AvgIpc) is 2.95. The lowest BCUT2D eigenvalue weighted by atomic mass is 10.1. The predicted octanol–water partition coefficient (Wildman–Crippen LogP) is 4.69. The minimum Gasteiger partial charge on any atom is -0.467 e. The number of aromatic nitrogens is 1. The Morgan fingerprint density at radius 2 is 1.84 bits per heavy atom. The molecule has 1 aromatic carbocycles. The van der Waals surface area contributed by atoms with Crippen LogP contribution in [0.1, 0.15) is 44.7 Å². The van der Waals surface area contributed by atoms with Crippen LogP contribution in [0.2, 0.25) is 0 Å². The van der Waals surface area contributed by atoms with Gasteiger partial charge < -0.3 is 14.4 Å². The SMILES string of the molecule is Cc1ccc(C)c2sc(OC3CCN(C(=O)OC(C)(C)C)CC3)nc12. The van der Waals surface area contributed by atoms with Gasteiger partial charge in [-0.3, -0.25) is 0 Å². The van der Waals surface area contributed by atoms with Gasteiger partial charge in [0.2, 0.25) is 0 Å². The number of benzene rings is 1. The van der Waals surface area contributed by atoms with Gasteiger partial charge in [-0.05, 0) is 45.7 Å². The van der Waals surface area contributed by atoms with E-state index in [9.17, 15) is 4.79 Å². The van der Waals surface area contributed by atoms with Crippen molar-refractivity contribution in [3.05, 3.63) is 23.3 Å². The van der Waals surface area contributed by atoms with Crippen LogP contribution in [0.4, 0.5) is 4.79 Å². The number of amides is 1. The smallest absolute Gasteiger partial charge is 0.410 e. The first-order valence-corrected chi connectivity index (χ1v) is 9.56. The van der Waals surface area contributed by atoms with Crippen molar-refractivity contribution < 1.29 is 14.3 Å². The van der Waals surface area contributed by atoms with Gasteiger partial charge in [-0.1, -0.05) is 23.5 Å². The number of nitrogens with zero attached hydrogens (tertiary/aromatic N) is 2. The minimum absolute atomic E-state index is 0.0971. The molecular formula is C19H26N2O3S. The lowest BCUT2D eigenvalue weighted by molar-refractivity contribution is 0.0126. The van der Waals surface area contributed by atoms with Crippen LogP contribution < -0.4 is 4.74 Å². The summed E-state index contributed by atoms with van der Waals surface area (Å²) < 4.78 is 12.7. The van der Waals surface area contributed by atoms with Crippen LogP contribution in [0.15, 0.2) is 12.1 Å². The molecule has 25 heavy (non-hydrogen) atoms. The minimum atomic E-state index is -0.457. The van der Waals surface area contributed by atoms with Crippen molar-refractivity contribution in [2.75, 3.05) is 13.1 Å². The fourth-order valence-electron chi connectivity index (χ4n) is 2.92. The normalized spacial score (nSPS) is 16.3. The van der Waals surface area contributed by atoms with Gasteiger partial charge in [0.05, 0.1) is 10.2 Å². The quantitative estimate of drug-likeness (QED) is 0.777. The number of piperidine rings is 1. The molecule has 1 aromatic heterocycles. The highest BCUT2D eigenvalue weighted by atomic mass is 32.1. The maximum Gasteiger partial charge on any atom is 0.410 e. The summed E-state index contributed by atoms with van der Waals surface area (Å²) in [7, 11) is 0. The molecule has 0 aliphatic carbocycles. The zero-order valence-corrected chi connectivity index (χ0v) is 16.4. The number of rotatable bonds is 2. The van der Waals surface area contributed by atoms with Gasteiger partial charge in [0.25, 0.3) is 5.19 Å². The Kier molecular flexibility index (Phi) is 4.91. The van der Waals surface area contributed by atoms with Gasteiger partial charge >= 0.3 is 6.09 Å². The van der Waals surface area contributed by atoms with Crippen LogP contribution in [0.3, 0.4) is 0 Å². The van der Waals surface area contributed by atoms with Gasteiger partial charge in [0, 0.05) is 25.9 Å². The molecule has 1 aliphatic rings. The molecule has 2 heterocycles. The number of carbonyl (C=O) groups excluding carboxylic acids is 1. The third kappa shape index (κ3) is 4.24. The molecule has 0 radical (unpaired) electrons. The van der Waals surface area contributed by atoms with E-state index in [0.717, 1.165) is 23.6 Å². The lowest BCUT2D eigenvalue weighted by Gasteiger charge is -2.33. The number of aryl methyl sites for hydroxylation is 2. The highest BCUT2D eigenvalue weighted by Crippen LogP contribution is 2.33. The summed E-state index contributed by atoms with van der Waals surface area (Å²) in [5.74, 6) is 0. The van der Waals surface area contributed by atoms with Crippen molar-refractivity contribution in [3.8, 4) is 5.19 Å². The molecule has 0 bridgehead atoms. The van der Waals surface area contributed by atoms with Crippen molar-refractivity contribution in [1.82, 2.24) is 9.88 Å². The molecule has 0 saturated carbocycles. The third-order valence-corrected chi connectivity index (χ3v) is 5.37. The average molecular weight is 362 g/mol. The van der Waals surface area contributed by atoms with Crippen molar-refractivity contribution in [1.29, 1.82) is 0 Å². The van der Waals surface area contributed by atoms with Crippen molar-refractivity contribution in [3.63, 3.8) is 0 Å². The Bertz CT molecular complexity index is 732. The van der Waals surface area contributed by atoms with E-state index in [2.05, 4.69) is 31.0 Å². The Morgan fingerprint density at radius 3 is 2.44 bits per heavy atom. The van der Waals surface area contributed by atoms with Crippen LogP contribution in [-0.4, -0.2) is 40.8 Å². The molecule has 0 atom stereocenters. The zero-order chi connectivity index (χ0) is 18.2. The van der Waals surface area contributed by atoms with E-state index in [1.54, 1.807) is 16.2 Å². The summed E-state index contributed by atoms with van der Waals surface area (Å²) in [6, 6.07) is 4.22. The number of ether oxygens (including phenoxy) is 2. The van der Waals surface area contributed by atoms with Gasteiger partial charge in [0.15, 0.2) is 0 Å². The predicted molar refractivity (Wildman–Crippen MR) is 101 cm³/mol. The molecule has 0 spiro atoms. The van der Waals surface area contributed by atoms with Gasteiger partial charge in [0.1, 0.15) is 11.7 Å². The molecule has 1 saturated heterocycles. The molecule has 3 rings (SSSR count). The number of hydrogen-bond acceptors (Lipinski definition) is 5. The summed E-state index contributed by atoms with van der Waals surface area (Å²) in [6.07, 6.45) is 1.46. The summed E-state index contributed by atoms with van der Waals surface area (Å²) in [6.45, 7) is 11.1. The summed E-state index contributed by atoms with van der Waals surface area (Å²) in [5, 5.41) is 0.725. The van der Waals surface area contributed by atoms with E-state index >= 15 is 0 Å². The first-order valence-electron chi connectivity index (χ1n) is 8.74. The molecule has 1 fully saturated rings. The van der Waals surface area contributed by atoms with Crippen molar-refractivity contribution in [2.24, 2.45) is 0 Å². The van der Waals surface area contributed by atoms with E-state index < -0.39 is 5.60 Å². The third-order valence-electron chi connectivity index (χ3n) is 4.28. The number of carbonyl (C=O) groups is 1. The van der Waals surface area contributed by atoms with Crippen LogP contribution in [0, 0.1) is 13.8 Å². The largest absolute Gasteiger partial charge is 0.467 e. The fourth-order valence-corrected chi connectivity index (χ4v) is 3.94. The molecule has 136 valence electrons. The zero-order valence-electron chi connectivity index (χ0n) is 15.6. The molecule has 0 N–H and O–H groups in total. The van der Waals surface area contributed by atoms with E-state index in [0.29, 0.717) is 13.1 Å². The van der Waals surface area contributed by atoms with Gasteiger partial charge in [-0.15, -0.1) is 0 Å². The molecule has 2 aromatic rings. The number of thiazole rings is 1. The topological polar surface area (TPSA) is 51.7 Å². The highest BCUT2D eigenvalue weighted by molar-refractivity contribution is 7.20. The van der Waals surface area contributed by atoms with Crippen LogP contribution in [0.25, 0.3) is 10.2 Å². The summed E-state index contributed by atoms with van der Waals surface area (Å²) in [4.78, 5) is 18.5. The van der Waals surface area contributed by atoms with E-state index in [-0.39, 0.29) is 12.2 Å². The first-order chi connectivity index (χ1) is 11.7. The fraction of sp³-hybridized carbons (Fsp3) is 0.579. The molecule has 5 nitrogen and oxygen atoms in total. The second-order valence-corrected chi connectivity index (χ2v) is 8.60. The highest BCUT2D eigenvalue weighted by Gasteiger charge is 2.28. The van der Waals surface area contributed by atoms with E-state index in [4.69, 9.17) is 9.47 Å². The second-order valence-electron chi connectivity index (χ2n) is 7.64. The maximum atomic E-state index is 12.1. The molecule has 0 unspecified atom stereocenters. The molecule has 1 amide bonds. The van der Waals surface area contributed by atoms with E-state index in [1.807, 2.05) is 20.8 Å². The summed E-state index contributed by atoms with van der Waals surface area (Å²) >= 11 is 1.61. The standard InChI is InChI=1S/C19H26N2O3S/c1-12-6-7-13(2)16-15(12)20-17(25-16)23-14-8-10-21(11-9-14)18(22)24-19(3,4)5/h6-7,14H,8-11H2,1-5H3. The van der Waals surface area contributed by atoms with Gasteiger partial charge in [-0.25, -0.2) is 9.78 Å². The van der Waals surface area contributed by atoms with Crippen molar-refractivity contribution >= 4 is 27.6 Å². The number of likely N-dealkylation sites (tertiary alicyclic amines) is 1. The Labute approximate surface area is 152 Å². The molecular weight excluding hydrogens is 336 g/mol. The Balaban J connectivity index is 1.60. The van der Waals surface area contributed by atoms with Gasteiger partial charge in [-0.2, -0.15) is 0 Å². The molecule has 1 aliphatic heterocycles. The van der Waals surface area contributed by atoms with E-state index in [1.165, 1.54) is 15.8 Å². The Hall–Kier alpha value is -1.82. The number of hydrogen-bond donors (Lipinski definition) is 0. The summed E-state index contributed by atoms with van der Waals surface area (Å²) in [5.41, 5.74) is 2.98. The second kappa shape index (κ2) is 6.83. The number of fused-ring (bicyclic) bond motifs is 1. The lowest BCUT2D eigenvalue weighted by Crippen LogP contribution is -2.44. The monoisotopic (exact) mass is 362 g/mol. The Morgan fingerprint density at radius 1 is 1.20 bits per heavy atom. The van der Waals surface area contributed by atoms with Crippen LogP contribution >= 0.6 is 11.3 Å². The van der Waals surface area contributed by atoms with Crippen LogP contribution in [0.5, 0.6) is 5.19 Å². The maximum absolute atomic E-state index is 12.1. The van der Waals surface area contributed by atoms with Crippen molar-refractivity contribution in [2.45, 2.75) is 59.2 Å². The van der Waals surface area contributed by atoms with Crippen LogP contribution in [-0.2, 0) is 4.74 Å². The molecule has 6 heteroatoms. The first kappa shape index (κ1) is 18.0.